The van der Waals surface area contributed by atoms with E-state index in [0.717, 1.165) is 48.3 Å². The van der Waals surface area contributed by atoms with Crippen molar-refractivity contribution < 1.29 is 9.53 Å². The van der Waals surface area contributed by atoms with E-state index in [1.54, 1.807) is 0 Å². The van der Waals surface area contributed by atoms with E-state index in [-0.39, 0.29) is 5.91 Å². The molecule has 2 N–H and O–H groups in total. The van der Waals surface area contributed by atoms with Gasteiger partial charge in [-0.05, 0) is 49.8 Å². The number of primary amides is 1. The first-order chi connectivity index (χ1) is 12.7. The van der Waals surface area contributed by atoms with Gasteiger partial charge in [0.25, 0.3) is 0 Å². The molecule has 26 heavy (non-hydrogen) atoms. The van der Waals surface area contributed by atoms with Crippen molar-refractivity contribution in [3.05, 3.63) is 89.2 Å². The number of nitrogens with two attached hydrogens (primary N) is 1. The van der Waals surface area contributed by atoms with Crippen LogP contribution >= 0.6 is 0 Å². The lowest BCUT2D eigenvalue weighted by atomic mass is 9.66. The summed E-state index contributed by atoms with van der Waals surface area (Å²) >= 11 is 0. The molecule has 1 amide bonds. The second kappa shape index (κ2) is 6.83. The zero-order valence-electron chi connectivity index (χ0n) is 14.8. The van der Waals surface area contributed by atoms with E-state index < -0.39 is 5.41 Å². The first-order valence-corrected chi connectivity index (χ1v) is 9.24. The minimum Gasteiger partial charge on any atom is -0.457 e. The number of aryl methyl sites for hydroxylation is 1. The topological polar surface area (TPSA) is 52.3 Å². The van der Waals surface area contributed by atoms with Gasteiger partial charge >= 0.3 is 0 Å². The first-order valence-electron chi connectivity index (χ1n) is 9.24. The zero-order valence-corrected chi connectivity index (χ0v) is 14.8. The SMILES string of the molecule is NC(=O)C1(CCCc2ccccc2)C2=CCCC=C2Oc2ccccc21. The summed E-state index contributed by atoms with van der Waals surface area (Å²) in [5.74, 6) is 1.25. The maximum absolute atomic E-state index is 12.8. The van der Waals surface area contributed by atoms with Crippen LogP contribution in [0.1, 0.15) is 36.8 Å². The highest BCUT2D eigenvalue weighted by molar-refractivity contribution is 5.93. The van der Waals surface area contributed by atoms with Gasteiger partial charge < -0.3 is 10.5 Å². The summed E-state index contributed by atoms with van der Waals surface area (Å²) < 4.78 is 6.09. The third-order valence-corrected chi connectivity index (χ3v) is 5.42. The van der Waals surface area contributed by atoms with E-state index in [4.69, 9.17) is 10.5 Å². The maximum Gasteiger partial charge on any atom is 0.232 e. The summed E-state index contributed by atoms with van der Waals surface area (Å²) in [6.45, 7) is 0. The molecule has 1 aliphatic carbocycles. The molecule has 3 heteroatoms. The molecular weight excluding hydrogens is 322 g/mol. The molecule has 0 bridgehead atoms. The Bertz CT molecular complexity index is 882. The Hall–Kier alpha value is -2.81. The molecule has 0 saturated carbocycles. The van der Waals surface area contributed by atoms with Crippen molar-refractivity contribution in [1.29, 1.82) is 0 Å². The number of allylic oxidation sites excluding steroid dienone is 3. The molecule has 1 unspecified atom stereocenters. The molecule has 1 aliphatic heterocycles. The van der Waals surface area contributed by atoms with Crippen LogP contribution in [-0.2, 0) is 16.6 Å². The Morgan fingerprint density at radius 1 is 1.00 bits per heavy atom. The minimum atomic E-state index is -0.810. The van der Waals surface area contributed by atoms with E-state index in [9.17, 15) is 4.79 Å². The molecule has 132 valence electrons. The van der Waals surface area contributed by atoms with Gasteiger partial charge in [-0.3, -0.25) is 4.79 Å². The maximum atomic E-state index is 12.8. The van der Waals surface area contributed by atoms with Crippen molar-refractivity contribution in [3.8, 4) is 5.75 Å². The number of carbonyl (C=O) groups is 1. The van der Waals surface area contributed by atoms with Gasteiger partial charge in [-0.15, -0.1) is 0 Å². The van der Waals surface area contributed by atoms with Crippen LogP contribution in [0.2, 0.25) is 0 Å². The molecule has 2 aromatic rings. The van der Waals surface area contributed by atoms with Gasteiger partial charge in [0.05, 0.1) is 0 Å². The van der Waals surface area contributed by atoms with Crippen LogP contribution in [0.15, 0.2) is 78.1 Å². The van der Waals surface area contributed by atoms with Crippen LogP contribution in [0.5, 0.6) is 5.75 Å². The smallest absolute Gasteiger partial charge is 0.232 e. The molecule has 0 aromatic heterocycles. The number of ether oxygens (including phenoxy) is 1. The largest absolute Gasteiger partial charge is 0.457 e. The predicted molar refractivity (Wildman–Crippen MR) is 103 cm³/mol. The molecule has 1 atom stereocenters. The molecule has 2 aromatic carbocycles. The van der Waals surface area contributed by atoms with Crippen LogP contribution in [0.25, 0.3) is 0 Å². The number of hydrogen-bond donors (Lipinski definition) is 1. The van der Waals surface area contributed by atoms with Crippen molar-refractivity contribution >= 4 is 5.91 Å². The van der Waals surface area contributed by atoms with Gasteiger partial charge in [-0.2, -0.15) is 0 Å². The summed E-state index contributed by atoms with van der Waals surface area (Å²) in [5.41, 5.74) is 8.35. The molecule has 4 rings (SSSR count). The van der Waals surface area contributed by atoms with Crippen molar-refractivity contribution in [1.82, 2.24) is 0 Å². The molecule has 0 radical (unpaired) electrons. The van der Waals surface area contributed by atoms with Crippen molar-refractivity contribution in [2.24, 2.45) is 5.73 Å². The number of fused-ring (bicyclic) bond motifs is 2. The second-order valence-corrected chi connectivity index (χ2v) is 6.97. The summed E-state index contributed by atoms with van der Waals surface area (Å²) in [7, 11) is 0. The molecule has 2 aliphatic rings. The quantitative estimate of drug-likeness (QED) is 0.871. The molecule has 0 saturated heterocycles. The van der Waals surface area contributed by atoms with Crippen molar-refractivity contribution in [2.75, 3.05) is 0 Å². The third-order valence-electron chi connectivity index (χ3n) is 5.42. The zero-order chi connectivity index (χ0) is 18.0. The van der Waals surface area contributed by atoms with E-state index >= 15 is 0 Å². The Kier molecular flexibility index (Phi) is 4.37. The van der Waals surface area contributed by atoms with Crippen LogP contribution in [-0.4, -0.2) is 5.91 Å². The minimum absolute atomic E-state index is 0.291. The normalized spacial score (nSPS) is 20.9. The van der Waals surface area contributed by atoms with Gasteiger partial charge in [0, 0.05) is 11.1 Å². The predicted octanol–water partition coefficient (Wildman–Crippen LogP) is 4.43. The van der Waals surface area contributed by atoms with Crippen LogP contribution in [0.4, 0.5) is 0 Å². The molecular formula is C23H23NO2. The van der Waals surface area contributed by atoms with E-state index in [1.807, 2.05) is 42.5 Å². The number of hydrogen-bond acceptors (Lipinski definition) is 2. The second-order valence-electron chi connectivity index (χ2n) is 6.97. The van der Waals surface area contributed by atoms with Crippen LogP contribution in [0.3, 0.4) is 0 Å². The van der Waals surface area contributed by atoms with Gasteiger partial charge in [-0.1, -0.05) is 54.6 Å². The lowest BCUT2D eigenvalue weighted by Gasteiger charge is -2.40. The average Bonchev–Trinajstić information content (AvgIpc) is 2.68. The molecule has 3 nitrogen and oxygen atoms in total. The Morgan fingerprint density at radius 2 is 1.73 bits per heavy atom. The fourth-order valence-electron chi connectivity index (χ4n) is 4.17. The van der Waals surface area contributed by atoms with Gasteiger partial charge in [0.2, 0.25) is 5.91 Å². The number of amides is 1. The summed E-state index contributed by atoms with van der Waals surface area (Å²) in [6, 6.07) is 18.2. The highest BCUT2D eigenvalue weighted by atomic mass is 16.5. The highest BCUT2D eigenvalue weighted by Gasteiger charge is 2.48. The number of carbonyl (C=O) groups excluding carboxylic acids is 1. The first kappa shape index (κ1) is 16.6. The van der Waals surface area contributed by atoms with Gasteiger partial charge in [0.15, 0.2) is 0 Å². The molecule has 1 heterocycles. The van der Waals surface area contributed by atoms with Crippen molar-refractivity contribution in [2.45, 2.75) is 37.5 Å². The standard InChI is InChI=1S/C23H23NO2/c24-22(25)23(16-8-11-17-9-2-1-3-10-17)18-12-4-6-14-20(18)26-21-15-7-5-13-19(21)23/h1-4,6,9-10,12-15H,5,7-8,11,16H2,(H2,24,25). The lowest BCUT2D eigenvalue weighted by Crippen LogP contribution is -2.46. The Balaban J connectivity index is 1.73. The van der Waals surface area contributed by atoms with E-state index in [1.165, 1.54) is 5.56 Å². The third kappa shape index (κ3) is 2.74. The van der Waals surface area contributed by atoms with Gasteiger partial charge in [0.1, 0.15) is 16.9 Å². The monoisotopic (exact) mass is 345 g/mol. The average molecular weight is 345 g/mol. The number of rotatable bonds is 5. The summed E-state index contributed by atoms with van der Waals surface area (Å²) in [4.78, 5) is 12.8. The fourth-order valence-corrected chi connectivity index (χ4v) is 4.17. The lowest BCUT2D eigenvalue weighted by molar-refractivity contribution is -0.122. The molecule has 0 spiro atoms. The molecule has 0 fully saturated rings. The van der Waals surface area contributed by atoms with Crippen LogP contribution < -0.4 is 10.5 Å². The van der Waals surface area contributed by atoms with E-state index in [0.29, 0.717) is 6.42 Å². The Morgan fingerprint density at radius 3 is 2.54 bits per heavy atom. The fraction of sp³-hybridized carbons (Fsp3) is 0.261. The van der Waals surface area contributed by atoms with Gasteiger partial charge in [-0.25, -0.2) is 0 Å². The van der Waals surface area contributed by atoms with Crippen LogP contribution in [0, 0.1) is 0 Å². The van der Waals surface area contributed by atoms with Crippen molar-refractivity contribution in [3.63, 3.8) is 0 Å². The highest BCUT2D eigenvalue weighted by Crippen LogP contribution is 2.50. The Labute approximate surface area is 154 Å². The number of benzene rings is 2. The van der Waals surface area contributed by atoms with E-state index in [2.05, 4.69) is 24.3 Å². The summed E-state index contributed by atoms with van der Waals surface area (Å²) in [5, 5.41) is 0. The number of para-hydroxylation sites is 1. The summed E-state index contributed by atoms with van der Waals surface area (Å²) in [6.07, 6.45) is 8.55.